The van der Waals surface area contributed by atoms with Crippen molar-refractivity contribution in [2.75, 3.05) is 0 Å². The second-order valence-electron chi connectivity index (χ2n) is 5.45. The van der Waals surface area contributed by atoms with Gasteiger partial charge in [0, 0.05) is 21.5 Å². The molecule has 23 heavy (non-hydrogen) atoms. The van der Waals surface area contributed by atoms with Crippen LogP contribution in [0.2, 0.25) is 5.02 Å². The van der Waals surface area contributed by atoms with Crippen molar-refractivity contribution in [2.45, 2.75) is 0 Å². The molecule has 0 fully saturated rings. The minimum Gasteiger partial charge on any atom is -0.247 e. The molecule has 1 heterocycles. The van der Waals surface area contributed by atoms with Gasteiger partial charge in [-0.3, -0.25) is 0 Å². The third-order valence-electron chi connectivity index (χ3n) is 3.93. The number of nitrogens with zero attached hydrogens (tertiary/aromatic N) is 1. The van der Waals surface area contributed by atoms with E-state index in [2.05, 4.69) is 42.5 Å². The summed E-state index contributed by atoms with van der Waals surface area (Å²) in [5.74, 6) is 0. The van der Waals surface area contributed by atoms with Crippen LogP contribution in [0.3, 0.4) is 0 Å². The first-order chi connectivity index (χ1) is 11.3. The van der Waals surface area contributed by atoms with Gasteiger partial charge in [-0.15, -0.1) is 0 Å². The Morgan fingerprint density at radius 2 is 1.35 bits per heavy atom. The Labute approximate surface area is 140 Å². The van der Waals surface area contributed by atoms with Gasteiger partial charge in [0.2, 0.25) is 0 Å². The van der Waals surface area contributed by atoms with Crippen molar-refractivity contribution in [3.05, 3.63) is 90.0 Å². The fourth-order valence-electron chi connectivity index (χ4n) is 2.78. The molecule has 0 aliphatic heterocycles. The Morgan fingerprint density at radius 3 is 2.13 bits per heavy atom. The van der Waals surface area contributed by atoms with Crippen molar-refractivity contribution >= 4 is 22.4 Å². The SMILES string of the molecule is Clc1ccc(-c2cc3ccccc3c(-c3ccccc3)n2)cc1. The van der Waals surface area contributed by atoms with E-state index in [-0.39, 0.29) is 0 Å². The number of halogens is 1. The second-order valence-corrected chi connectivity index (χ2v) is 5.89. The normalized spacial score (nSPS) is 10.8. The van der Waals surface area contributed by atoms with Gasteiger partial charge >= 0.3 is 0 Å². The molecule has 0 N–H and O–H groups in total. The lowest BCUT2D eigenvalue weighted by Crippen LogP contribution is -1.90. The zero-order chi connectivity index (χ0) is 15.6. The summed E-state index contributed by atoms with van der Waals surface area (Å²) in [4.78, 5) is 4.93. The highest BCUT2D eigenvalue weighted by Gasteiger charge is 2.09. The molecule has 0 unspecified atom stereocenters. The molecule has 4 rings (SSSR count). The molecule has 0 spiro atoms. The molecule has 0 atom stereocenters. The summed E-state index contributed by atoms with van der Waals surface area (Å²) < 4.78 is 0. The molecular formula is C21H14ClN. The summed E-state index contributed by atoms with van der Waals surface area (Å²) in [5, 5.41) is 3.08. The predicted molar refractivity (Wildman–Crippen MR) is 97.6 cm³/mol. The van der Waals surface area contributed by atoms with Crippen LogP contribution in [0.4, 0.5) is 0 Å². The molecule has 110 valence electrons. The first-order valence-corrected chi connectivity index (χ1v) is 7.90. The molecule has 2 heteroatoms. The quantitative estimate of drug-likeness (QED) is 0.428. The molecule has 0 saturated carbocycles. The third kappa shape index (κ3) is 2.71. The van der Waals surface area contributed by atoms with Gasteiger partial charge in [0.1, 0.15) is 0 Å². The predicted octanol–water partition coefficient (Wildman–Crippen LogP) is 6.22. The lowest BCUT2D eigenvalue weighted by atomic mass is 10.0. The highest BCUT2D eigenvalue weighted by molar-refractivity contribution is 6.30. The minimum atomic E-state index is 0.734. The lowest BCUT2D eigenvalue weighted by Gasteiger charge is -2.10. The van der Waals surface area contributed by atoms with E-state index in [1.807, 2.05) is 42.5 Å². The Hall–Kier alpha value is -2.64. The summed E-state index contributed by atoms with van der Waals surface area (Å²) in [7, 11) is 0. The van der Waals surface area contributed by atoms with E-state index in [4.69, 9.17) is 16.6 Å². The van der Waals surface area contributed by atoms with Crippen LogP contribution in [0.1, 0.15) is 0 Å². The number of fused-ring (bicyclic) bond motifs is 1. The summed E-state index contributed by atoms with van der Waals surface area (Å²) in [6, 6.07) is 28.6. The van der Waals surface area contributed by atoms with Gasteiger partial charge < -0.3 is 0 Å². The smallest absolute Gasteiger partial charge is 0.0787 e. The number of rotatable bonds is 2. The van der Waals surface area contributed by atoms with Crippen molar-refractivity contribution in [3.8, 4) is 22.5 Å². The summed E-state index contributed by atoms with van der Waals surface area (Å²) in [6.07, 6.45) is 0. The van der Waals surface area contributed by atoms with Crippen LogP contribution < -0.4 is 0 Å². The fraction of sp³-hybridized carbons (Fsp3) is 0. The zero-order valence-electron chi connectivity index (χ0n) is 12.4. The Balaban J connectivity index is 1.99. The van der Waals surface area contributed by atoms with Gasteiger partial charge in [0.15, 0.2) is 0 Å². The highest BCUT2D eigenvalue weighted by atomic mass is 35.5. The molecule has 1 nitrogen and oxygen atoms in total. The van der Waals surface area contributed by atoms with Crippen LogP contribution in [-0.4, -0.2) is 4.98 Å². The van der Waals surface area contributed by atoms with Gasteiger partial charge in [0.25, 0.3) is 0 Å². The monoisotopic (exact) mass is 315 g/mol. The van der Waals surface area contributed by atoms with Crippen LogP contribution >= 0.6 is 11.6 Å². The standard InChI is InChI=1S/C21H14ClN/c22-18-12-10-15(11-13-18)20-14-17-8-4-5-9-19(17)21(23-20)16-6-2-1-3-7-16/h1-14H. The molecule has 3 aromatic carbocycles. The van der Waals surface area contributed by atoms with E-state index >= 15 is 0 Å². The molecule has 0 aliphatic rings. The topological polar surface area (TPSA) is 12.9 Å². The van der Waals surface area contributed by atoms with E-state index in [1.54, 1.807) is 0 Å². The molecule has 0 amide bonds. The molecule has 0 saturated heterocycles. The number of hydrogen-bond donors (Lipinski definition) is 0. The average molecular weight is 316 g/mol. The van der Waals surface area contributed by atoms with E-state index in [1.165, 1.54) is 5.39 Å². The van der Waals surface area contributed by atoms with Gasteiger partial charge in [-0.05, 0) is 23.6 Å². The Morgan fingerprint density at radius 1 is 0.652 bits per heavy atom. The molecule has 0 bridgehead atoms. The van der Waals surface area contributed by atoms with Crippen LogP contribution in [-0.2, 0) is 0 Å². The minimum absolute atomic E-state index is 0.734. The Bertz CT molecular complexity index is 960. The number of hydrogen-bond acceptors (Lipinski definition) is 1. The summed E-state index contributed by atoms with van der Waals surface area (Å²) in [5.41, 5.74) is 4.16. The van der Waals surface area contributed by atoms with Gasteiger partial charge in [-0.25, -0.2) is 4.98 Å². The molecule has 1 aromatic heterocycles. The van der Waals surface area contributed by atoms with Gasteiger partial charge in [-0.2, -0.15) is 0 Å². The van der Waals surface area contributed by atoms with Crippen molar-refractivity contribution in [1.29, 1.82) is 0 Å². The molecular weight excluding hydrogens is 302 g/mol. The van der Waals surface area contributed by atoms with Gasteiger partial charge in [0.05, 0.1) is 11.4 Å². The second kappa shape index (κ2) is 5.86. The molecule has 4 aromatic rings. The zero-order valence-corrected chi connectivity index (χ0v) is 13.2. The van der Waals surface area contributed by atoms with E-state index in [0.29, 0.717) is 0 Å². The van der Waals surface area contributed by atoms with Crippen molar-refractivity contribution in [2.24, 2.45) is 0 Å². The van der Waals surface area contributed by atoms with Crippen molar-refractivity contribution in [1.82, 2.24) is 4.98 Å². The number of aromatic nitrogens is 1. The first-order valence-electron chi connectivity index (χ1n) is 7.52. The van der Waals surface area contributed by atoms with Crippen LogP contribution in [0.15, 0.2) is 84.9 Å². The van der Waals surface area contributed by atoms with E-state index in [9.17, 15) is 0 Å². The maximum atomic E-state index is 6.00. The molecule has 0 aliphatic carbocycles. The fourth-order valence-corrected chi connectivity index (χ4v) is 2.91. The third-order valence-corrected chi connectivity index (χ3v) is 4.18. The van der Waals surface area contributed by atoms with Crippen LogP contribution in [0.5, 0.6) is 0 Å². The first kappa shape index (κ1) is 14.0. The van der Waals surface area contributed by atoms with Crippen LogP contribution in [0, 0.1) is 0 Å². The summed E-state index contributed by atoms with van der Waals surface area (Å²) in [6.45, 7) is 0. The van der Waals surface area contributed by atoms with Crippen molar-refractivity contribution in [3.63, 3.8) is 0 Å². The number of benzene rings is 3. The Kier molecular flexibility index (Phi) is 3.57. The van der Waals surface area contributed by atoms with E-state index < -0.39 is 0 Å². The highest BCUT2D eigenvalue weighted by Crippen LogP contribution is 2.31. The van der Waals surface area contributed by atoms with Crippen LogP contribution in [0.25, 0.3) is 33.3 Å². The largest absolute Gasteiger partial charge is 0.247 e. The maximum absolute atomic E-state index is 6.00. The van der Waals surface area contributed by atoms with Gasteiger partial charge in [-0.1, -0.05) is 78.3 Å². The molecule has 0 radical (unpaired) electrons. The maximum Gasteiger partial charge on any atom is 0.0787 e. The summed E-state index contributed by atoms with van der Waals surface area (Å²) >= 11 is 6.00. The van der Waals surface area contributed by atoms with E-state index in [0.717, 1.165) is 32.9 Å². The number of pyridine rings is 1. The average Bonchev–Trinajstić information content (AvgIpc) is 2.62. The van der Waals surface area contributed by atoms with Crippen molar-refractivity contribution < 1.29 is 0 Å². The lowest BCUT2D eigenvalue weighted by molar-refractivity contribution is 1.35.